The highest BCUT2D eigenvalue weighted by atomic mass is 35.5. The number of nitrogens with zero attached hydrogens (tertiary/aromatic N) is 2. The molecule has 0 unspecified atom stereocenters. The summed E-state index contributed by atoms with van der Waals surface area (Å²) in [6.45, 7) is 3.88. The van der Waals surface area contributed by atoms with Gasteiger partial charge in [0.15, 0.2) is 5.82 Å². The van der Waals surface area contributed by atoms with Gasteiger partial charge in [-0.1, -0.05) is 17.7 Å². The molecule has 3 rings (SSSR count). The summed E-state index contributed by atoms with van der Waals surface area (Å²) in [5.74, 6) is 0.166. The van der Waals surface area contributed by atoms with Crippen LogP contribution < -0.4 is 0 Å². The Bertz CT molecular complexity index is 782. The summed E-state index contributed by atoms with van der Waals surface area (Å²) in [7, 11) is 0. The van der Waals surface area contributed by atoms with Crippen molar-refractivity contribution in [2.75, 3.05) is 0 Å². The van der Waals surface area contributed by atoms with Gasteiger partial charge in [0, 0.05) is 0 Å². The van der Waals surface area contributed by atoms with E-state index in [1.54, 1.807) is 17.4 Å². The van der Waals surface area contributed by atoms with Crippen LogP contribution in [0.25, 0.3) is 21.6 Å². The Morgan fingerprint density at radius 3 is 2.58 bits per heavy atom. The van der Waals surface area contributed by atoms with Crippen molar-refractivity contribution in [1.29, 1.82) is 0 Å². The molecule has 0 aliphatic heterocycles. The van der Waals surface area contributed by atoms with Crippen LogP contribution in [0.3, 0.4) is 0 Å². The van der Waals surface area contributed by atoms with Gasteiger partial charge in [-0.2, -0.15) is 0 Å². The molecule has 0 bridgehead atoms. The van der Waals surface area contributed by atoms with Crippen LogP contribution >= 0.6 is 22.9 Å². The molecule has 0 radical (unpaired) electrons. The number of thiophene rings is 1. The number of benzene rings is 1. The van der Waals surface area contributed by atoms with E-state index in [-0.39, 0.29) is 11.0 Å². The lowest BCUT2D eigenvalue weighted by Gasteiger charge is -2.07. The van der Waals surface area contributed by atoms with E-state index in [4.69, 9.17) is 11.6 Å². The third kappa shape index (κ3) is 2.01. The fourth-order valence-electron chi connectivity index (χ4n) is 1.99. The van der Waals surface area contributed by atoms with Gasteiger partial charge in [-0.3, -0.25) is 0 Å². The van der Waals surface area contributed by atoms with Crippen molar-refractivity contribution in [3.05, 3.63) is 45.7 Å². The quantitative estimate of drug-likeness (QED) is 0.604. The Morgan fingerprint density at radius 1 is 1.11 bits per heavy atom. The minimum atomic E-state index is -0.389. The van der Waals surface area contributed by atoms with Gasteiger partial charge in [0.25, 0.3) is 0 Å². The summed E-state index contributed by atoms with van der Waals surface area (Å²) in [5.41, 5.74) is 2.55. The van der Waals surface area contributed by atoms with Crippen LogP contribution in [0.1, 0.15) is 11.1 Å². The zero-order valence-corrected chi connectivity index (χ0v) is 11.9. The maximum absolute atomic E-state index is 13.8. The number of aryl methyl sites for hydroxylation is 2. The largest absolute Gasteiger partial charge is 0.227 e. The standard InChI is InChI=1S/C14H10ClFN2S/c1-7-3-4-9(16)10-11(7)17-14(18-13(10)15)12-8(2)5-6-19-12/h3-6H,1-2H3. The topological polar surface area (TPSA) is 25.8 Å². The molecule has 0 saturated heterocycles. The lowest BCUT2D eigenvalue weighted by molar-refractivity contribution is 0.639. The van der Waals surface area contributed by atoms with E-state index in [0.717, 1.165) is 16.0 Å². The zero-order valence-electron chi connectivity index (χ0n) is 10.4. The molecular formula is C14H10ClFN2S. The molecule has 19 heavy (non-hydrogen) atoms. The van der Waals surface area contributed by atoms with E-state index in [0.29, 0.717) is 16.7 Å². The summed E-state index contributed by atoms with van der Waals surface area (Å²) in [5, 5.41) is 2.43. The fourth-order valence-corrected chi connectivity index (χ4v) is 3.11. The maximum atomic E-state index is 13.8. The molecule has 0 fully saturated rings. The van der Waals surface area contributed by atoms with Crippen molar-refractivity contribution in [3.63, 3.8) is 0 Å². The second kappa shape index (κ2) is 4.54. The monoisotopic (exact) mass is 292 g/mol. The molecule has 3 aromatic rings. The van der Waals surface area contributed by atoms with Crippen LogP contribution in [-0.4, -0.2) is 9.97 Å². The molecule has 0 amide bonds. The first kappa shape index (κ1) is 12.5. The van der Waals surface area contributed by atoms with Gasteiger partial charge in [-0.25, -0.2) is 14.4 Å². The van der Waals surface area contributed by atoms with Crippen molar-refractivity contribution in [3.8, 4) is 10.7 Å². The molecule has 2 aromatic heterocycles. The van der Waals surface area contributed by atoms with Crippen molar-refractivity contribution in [1.82, 2.24) is 9.97 Å². The fraction of sp³-hybridized carbons (Fsp3) is 0.143. The van der Waals surface area contributed by atoms with Crippen molar-refractivity contribution >= 4 is 33.8 Å². The summed E-state index contributed by atoms with van der Waals surface area (Å²) < 4.78 is 13.8. The Hall–Kier alpha value is -1.52. The van der Waals surface area contributed by atoms with E-state index in [1.807, 2.05) is 25.3 Å². The van der Waals surface area contributed by atoms with Crippen LogP contribution in [0, 0.1) is 19.7 Å². The summed E-state index contributed by atoms with van der Waals surface area (Å²) in [6, 6.07) is 5.09. The van der Waals surface area contributed by atoms with Crippen LogP contribution in [0.2, 0.25) is 5.15 Å². The summed E-state index contributed by atoms with van der Waals surface area (Å²) in [6.07, 6.45) is 0. The highest BCUT2D eigenvalue weighted by molar-refractivity contribution is 7.13. The Balaban J connectivity index is 2.37. The predicted octanol–water partition coefficient (Wildman–Crippen LogP) is 4.77. The lowest BCUT2D eigenvalue weighted by atomic mass is 10.1. The lowest BCUT2D eigenvalue weighted by Crippen LogP contribution is -1.95. The maximum Gasteiger partial charge on any atom is 0.171 e. The van der Waals surface area contributed by atoms with Gasteiger partial charge in [-0.05, 0) is 42.5 Å². The molecule has 0 aliphatic carbocycles. The van der Waals surface area contributed by atoms with Gasteiger partial charge in [0.05, 0.1) is 15.8 Å². The van der Waals surface area contributed by atoms with E-state index in [9.17, 15) is 4.39 Å². The van der Waals surface area contributed by atoms with Crippen molar-refractivity contribution < 1.29 is 4.39 Å². The van der Waals surface area contributed by atoms with Gasteiger partial charge < -0.3 is 0 Å². The number of fused-ring (bicyclic) bond motifs is 1. The first-order chi connectivity index (χ1) is 9.08. The zero-order chi connectivity index (χ0) is 13.6. The average molecular weight is 293 g/mol. The smallest absolute Gasteiger partial charge is 0.171 e. The number of rotatable bonds is 1. The molecule has 2 heterocycles. The molecule has 0 spiro atoms. The molecule has 0 atom stereocenters. The molecule has 96 valence electrons. The van der Waals surface area contributed by atoms with Gasteiger partial charge in [0.2, 0.25) is 0 Å². The molecule has 0 saturated carbocycles. The first-order valence-electron chi connectivity index (χ1n) is 5.74. The number of hydrogen-bond acceptors (Lipinski definition) is 3. The SMILES string of the molecule is Cc1ccsc1-c1nc(Cl)c2c(F)ccc(C)c2n1. The number of hydrogen-bond donors (Lipinski definition) is 0. The third-order valence-corrected chi connectivity index (χ3v) is 4.31. The van der Waals surface area contributed by atoms with Crippen LogP contribution in [-0.2, 0) is 0 Å². The highest BCUT2D eigenvalue weighted by Crippen LogP contribution is 2.32. The second-order valence-electron chi connectivity index (χ2n) is 4.36. The van der Waals surface area contributed by atoms with Gasteiger partial charge in [-0.15, -0.1) is 11.3 Å². The normalized spacial score (nSPS) is 11.2. The molecule has 1 aromatic carbocycles. The second-order valence-corrected chi connectivity index (χ2v) is 5.63. The molecule has 0 N–H and O–H groups in total. The van der Waals surface area contributed by atoms with E-state index in [2.05, 4.69) is 9.97 Å². The number of aromatic nitrogens is 2. The van der Waals surface area contributed by atoms with E-state index >= 15 is 0 Å². The predicted molar refractivity (Wildman–Crippen MR) is 77.3 cm³/mol. The van der Waals surface area contributed by atoms with Crippen LogP contribution in [0.5, 0.6) is 0 Å². The highest BCUT2D eigenvalue weighted by Gasteiger charge is 2.15. The molecular weight excluding hydrogens is 283 g/mol. The average Bonchev–Trinajstić information content (AvgIpc) is 2.79. The third-order valence-electron chi connectivity index (χ3n) is 3.02. The van der Waals surface area contributed by atoms with Crippen molar-refractivity contribution in [2.24, 2.45) is 0 Å². The Morgan fingerprint density at radius 2 is 1.89 bits per heavy atom. The minimum Gasteiger partial charge on any atom is -0.227 e. The first-order valence-corrected chi connectivity index (χ1v) is 7.00. The van der Waals surface area contributed by atoms with Gasteiger partial charge in [0.1, 0.15) is 11.0 Å². The molecule has 0 aliphatic rings. The van der Waals surface area contributed by atoms with Gasteiger partial charge >= 0.3 is 0 Å². The minimum absolute atomic E-state index is 0.161. The van der Waals surface area contributed by atoms with Crippen LogP contribution in [0.4, 0.5) is 4.39 Å². The number of halogens is 2. The Labute approximate surface area is 118 Å². The summed E-state index contributed by atoms with van der Waals surface area (Å²) >= 11 is 7.67. The van der Waals surface area contributed by atoms with Crippen LogP contribution in [0.15, 0.2) is 23.6 Å². The van der Waals surface area contributed by atoms with Crippen molar-refractivity contribution in [2.45, 2.75) is 13.8 Å². The molecule has 5 heteroatoms. The Kier molecular flexibility index (Phi) is 2.99. The van der Waals surface area contributed by atoms with E-state index in [1.165, 1.54) is 6.07 Å². The molecule has 2 nitrogen and oxygen atoms in total. The summed E-state index contributed by atoms with van der Waals surface area (Å²) in [4.78, 5) is 9.67. The van der Waals surface area contributed by atoms with E-state index < -0.39 is 0 Å².